The van der Waals surface area contributed by atoms with Crippen molar-refractivity contribution < 1.29 is 9.90 Å². The third-order valence-corrected chi connectivity index (χ3v) is 3.74. The fraction of sp³-hybridized carbons (Fsp3) is 0.182. The van der Waals surface area contributed by atoms with Gasteiger partial charge in [-0.25, -0.2) is 9.78 Å². The number of carbonyl (C=O) groups is 1. The second-order valence-electron chi connectivity index (χ2n) is 3.95. The standard InChI is InChI=1S/C11H10N4O2S/c1-6-5-18-11-13-8(7-3-4-12-14(7)2)9(10(16)17)15(6)11/h3-5H,1-2H3,(H,16,17). The van der Waals surface area contributed by atoms with Crippen LogP contribution in [0.3, 0.4) is 0 Å². The summed E-state index contributed by atoms with van der Waals surface area (Å²) in [6.07, 6.45) is 1.63. The highest BCUT2D eigenvalue weighted by Crippen LogP contribution is 2.27. The topological polar surface area (TPSA) is 72.4 Å². The molecule has 6 nitrogen and oxygen atoms in total. The van der Waals surface area contributed by atoms with E-state index in [4.69, 9.17) is 0 Å². The zero-order valence-electron chi connectivity index (χ0n) is 9.78. The first-order valence-corrected chi connectivity index (χ1v) is 6.15. The van der Waals surface area contributed by atoms with E-state index in [0.29, 0.717) is 16.3 Å². The molecule has 0 unspecified atom stereocenters. The summed E-state index contributed by atoms with van der Waals surface area (Å²) in [5.41, 5.74) is 2.21. The number of aromatic nitrogens is 4. The minimum Gasteiger partial charge on any atom is -0.476 e. The fourth-order valence-electron chi connectivity index (χ4n) is 1.98. The molecule has 0 saturated carbocycles. The molecule has 3 rings (SSSR count). The van der Waals surface area contributed by atoms with Crippen LogP contribution in [0.5, 0.6) is 0 Å². The van der Waals surface area contributed by atoms with E-state index in [1.54, 1.807) is 28.4 Å². The predicted octanol–water partition coefficient (Wildman–Crippen LogP) is 1.80. The first-order chi connectivity index (χ1) is 8.59. The summed E-state index contributed by atoms with van der Waals surface area (Å²) in [6, 6.07) is 1.76. The molecule has 3 aromatic heterocycles. The Balaban J connectivity index is 2.40. The molecule has 0 bridgehead atoms. The monoisotopic (exact) mass is 262 g/mol. The van der Waals surface area contributed by atoms with Gasteiger partial charge in [0.05, 0.1) is 5.69 Å². The van der Waals surface area contributed by atoms with Gasteiger partial charge < -0.3 is 5.11 Å². The van der Waals surface area contributed by atoms with E-state index in [2.05, 4.69) is 10.1 Å². The largest absolute Gasteiger partial charge is 0.476 e. The molecule has 0 aliphatic heterocycles. The van der Waals surface area contributed by atoms with Crippen LogP contribution >= 0.6 is 11.3 Å². The van der Waals surface area contributed by atoms with E-state index in [0.717, 1.165) is 5.69 Å². The maximum absolute atomic E-state index is 11.5. The molecule has 0 aromatic carbocycles. The summed E-state index contributed by atoms with van der Waals surface area (Å²) < 4.78 is 3.28. The van der Waals surface area contributed by atoms with Crippen LogP contribution in [-0.2, 0) is 7.05 Å². The summed E-state index contributed by atoms with van der Waals surface area (Å²) in [5.74, 6) is -0.986. The smallest absolute Gasteiger partial charge is 0.355 e. The number of rotatable bonds is 2. The van der Waals surface area contributed by atoms with E-state index >= 15 is 0 Å². The van der Waals surface area contributed by atoms with E-state index in [-0.39, 0.29) is 5.69 Å². The van der Waals surface area contributed by atoms with Crippen molar-refractivity contribution in [1.82, 2.24) is 19.2 Å². The zero-order valence-corrected chi connectivity index (χ0v) is 10.6. The van der Waals surface area contributed by atoms with Crippen LogP contribution in [-0.4, -0.2) is 30.2 Å². The third-order valence-electron chi connectivity index (χ3n) is 2.80. The molecule has 0 fully saturated rings. The Kier molecular flexibility index (Phi) is 2.24. The van der Waals surface area contributed by atoms with Gasteiger partial charge in [-0.3, -0.25) is 9.08 Å². The lowest BCUT2D eigenvalue weighted by Crippen LogP contribution is -2.05. The van der Waals surface area contributed by atoms with Gasteiger partial charge in [0.2, 0.25) is 0 Å². The molecule has 0 amide bonds. The number of carboxylic acid groups (broad SMARTS) is 1. The molecule has 0 spiro atoms. The number of imidazole rings is 1. The number of hydrogen-bond donors (Lipinski definition) is 1. The quantitative estimate of drug-likeness (QED) is 0.764. The Morgan fingerprint density at radius 3 is 2.89 bits per heavy atom. The van der Waals surface area contributed by atoms with Crippen molar-refractivity contribution in [3.63, 3.8) is 0 Å². The van der Waals surface area contributed by atoms with Gasteiger partial charge in [-0.15, -0.1) is 11.3 Å². The summed E-state index contributed by atoms with van der Waals surface area (Å²) >= 11 is 1.43. The maximum Gasteiger partial charge on any atom is 0.355 e. The highest BCUT2D eigenvalue weighted by atomic mass is 32.1. The van der Waals surface area contributed by atoms with Gasteiger partial charge in [0.1, 0.15) is 5.69 Å². The second kappa shape index (κ2) is 3.67. The average molecular weight is 262 g/mol. The Hall–Kier alpha value is -2.15. The summed E-state index contributed by atoms with van der Waals surface area (Å²) in [4.78, 5) is 16.5. The maximum atomic E-state index is 11.5. The molecular formula is C11H10N4O2S. The van der Waals surface area contributed by atoms with Crippen LogP contribution in [0.15, 0.2) is 17.6 Å². The van der Waals surface area contributed by atoms with E-state index in [9.17, 15) is 9.90 Å². The minimum atomic E-state index is -0.986. The molecule has 0 atom stereocenters. The lowest BCUT2D eigenvalue weighted by molar-refractivity contribution is 0.0690. The van der Waals surface area contributed by atoms with Crippen LogP contribution < -0.4 is 0 Å². The summed E-state index contributed by atoms with van der Waals surface area (Å²) in [7, 11) is 1.77. The normalized spacial score (nSPS) is 11.2. The Morgan fingerprint density at radius 2 is 2.28 bits per heavy atom. The minimum absolute atomic E-state index is 0.187. The van der Waals surface area contributed by atoms with Crippen molar-refractivity contribution >= 4 is 22.3 Å². The van der Waals surface area contributed by atoms with Crippen LogP contribution in [0.2, 0.25) is 0 Å². The molecule has 92 valence electrons. The van der Waals surface area contributed by atoms with E-state index < -0.39 is 5.97 Å². The Morgan fingerprint density at radius 1 is 1.50 bits per heavy atom. The molecule has 1 N–H and O–H groups in total. The van der Waals surface area contributed by atoms with Gasteiger partial charge in [-0.1, -0.05) is 0 Å². The van der Waals surface area contributed by atoms with Gasteiger partial charge in [0.25, 0.3) is 0 Å². The van der Waals surface area contributed by atoms with E-state index in [1.165, 1.54) is 11.3 Å². The van der Waals surface area contributed by atoms with Gasteiger partial charge in [0.15, 0.2) is 10.7 Å². The third kappa shape index (κ3) is 1.37. The van der Waals surface area contributed by atoms with Gasteiger partial charge in [-0.2, -0.15) is 5.10 Å². The number of fused-ring (bicyclic) bond motifs is 1. The van der Waals surface area contributed by atoms with E-state index in [1.807, 2.05) is 12.3 Å². The highest BCUT2D eigenvalue weighted by Gasteiger charge is 2.23. The average Bonchev–Trinajstić information content (AvgIpc) is 2.95. The second-order valence-corrected chi connectivity index (χ2v) is 4.79. The number of aromatic carboxylic acids is 1. The van der Waals surface area contributed by atoms with Crippen molar-refractivity contribution in [3.05, 3.63) is 29.0 Å². The molecule has 7 heteroatoms. The Bertz CT molecular complexity index is 752. The number of thiazole rings is 1. The molecule has 18 heavy (non-hydrogen) atoms. The number of nitrogens with zero attached hydrogens (tertiary/aromatic N) is 4. The lowest BCUT2D eigenvalue weighted by Gasteiger charge is -2.01. The number of carboxylic acids is 1. The highest BCUT2D eigenvalue weighted by molar-refractivity contribution is 7.15. The van der Waals surface area contributed by atoms with Crippen molar-refractivity contribution in [2.45, 2.75) is 6.92 Å². The fourth-order valence-corrected chi connectivity index (χ4v) is 2.84. The van der Waals surface area contributed by atoms with Crippen molar-refractivity contribution in [2.24, 2.45) is 7.05 Å². The van der Waals surface area contributed by atoms with Gasteiger partial charge >= 0.3 is 5.97 Å². The Labute approximate surface area is 106 Å². The zero-order chi connectivity index (χ0) is 12.9. The molecule has 3 heterocycles. The summed E-state index contributed by atoms with van der Waals surface area (Å²) in [6.45, 7) is 1.87. The lowest BCUT2D eigenvalue weighted by atomic mass is 10.2. The molecule has 3 aromatic rings. The molecular weight excluding hydrogens is 252 g/mol. The van der Waals surface area contributed by atoms with Crippen LogP contribution in [0.25, 0.3) is 16.3 Å². The number of aryl methyl sites for hydroxylation is 2. The first-order valence-electron chi connectivity index (χ1n) is 5.28. The van der Waals surface area contributed by atoms with Crippen molar-refractivity contribution in [1.29, 1.82) is 0 Å². The van der Waals surface area contributed by atoms with Gasteiger partial charge in [-0.05, 0) is 13.0 Å². The SMILES string of the molecule is Cc1csc2nc(-c3ccnn3C)c(C(=O)O)n12. The van der Waals surface area contributed by atoms with Crippen LogP contribution in [0.1, 0.15) is 16.2 Å². The molecule has 0 radical (unpaired) electrons. The first kappa shape index (κ1) is 11.0. The molecule has 0 saturated heterocycles. The predicted molar refractivity (Wildman–Crippen MR) is 67.0 cm³/mol. The van der Waals surface area contributed by atoms with Crippen molar-refractivity contribution in [2.75, 3.05) is 0 Å². The molecule has 0 aliphatic rings. The van der Waals surface area contributed by atoms with Crippen LogP contribution in [0.4, 0.5) is 0 Å². The number of hydrogen-bond acceptors (Lipinski definition) is 4. The van der Waals surface area contributed by atoms with Gasteiger partial charge in [0, 0.05) is 24.3 Å². The van der Waals surface area contributed by atoms with Crippen molar-refractivity contribution in [3.8, 4) is 11.4 Å². The molecule has 0 aliphatic carbocycles. The summed E-state index contributed by atoms with van der Waals surface area (Å²) in [5, 5.41) is 15.3. The van der Waals surface area contributed by atoms with Crippen LogP contribution in [0, 0.1) is 6.92 Å².